The molecule has 0 unspecified atom stereocenters. The van der Waals surface area contributed by atoms with Gasteiger partial charge in [0.15, 0.2) is 0 Å². The highest BCUT2D eigenvalue weighted by atomic mass is 32.2. The van der Waals surface area contributed by atoms with E-state index in [2.05, 4.69) is 0 Å². The van der Waals surface area contributed by atoms with E-state index in [9.17, 15) is 8.42 Å². The monoisotopic (exact) mass is 319 g/mol. The summed E-state index contributed by atoms with van der Waals surface area (Å²) in [6.07, 6.45) is 0.852. The first kappa shape index (κ1) is 14.5. The number of sulfonamides is 1. The fourth-order valence-corrected chi connectivity index (χ4v) is 4.96. The average Bonchev–Trinajstić information content (AvgIpc) is 2.70. The van der Waals surface area contributed by atoms with Gasteiger partial charge in [0, 0.05) is 11.4 Å². The normalized spacial score (nSPS) is 15.4. The van der Waals surface area contributed by atoms with Gasteiger partial charge in [0.2, 0.25) is 0 Å². The Morgan fingerprint density at radius 3 is 2.52 bits per heavy atom. The van der Waals surface area contributed by atoms with E-state index in [4.69, 9.17) is 0 Å². The van der Waals surface area contributed by atoms with Crippen molar-refractivity contribution in [2.45, 2.75) is 23.1 Å². The lowest BCUT2D eigenvalue weighted by Crippen LogP contribution is -2.31. The maximum Gasteiger partial charge on any atom is 0.264 e. The predicted molar refractivity (Wildman–Crippen MR) is 87.5 cm³/mol. The minimum absolute atomic E-state index is 0.356. The molecule has 0 saturated carbocycles. The maximum absolute atomic E-state index is 12.9. The van der Waals surface area contributed by atoms with Crippen LogP contribution in [0.4, 0.5) is 5.69 Å². The van der Waals surface area contributed by atoms with Gasteiger partial charge in [-0.25, -0.2) is 8.42 Å². The number of thioether (sulfide) groups is 1. The van der Waals surface area contributed by atoms with Crippen molar-refractivity contribution in [3.05, 3.63) is 54.1 Å². The van der Waals surface area contributed by atoms with Gasteiger partial charge in [0.1, 0.15) is 0 Å². The lowest BCUT2D eigenvalue weighted by Gasteiger charge is -2.24. The molecule has 0 saturated heterocycles. The topological polar surface area (TPSA) is 37.4 Å². The summed E-state index contributed by atoms with van der Waals surface area (Å²) < 4.78 is 27.4. The standard InChI is InChI=1S/C16H17NO2S2/c1-13-7-9-14(10-8-13)21(18,19)17-11-4-12-20-16-6-3-2-5-15(16)17/h2-3,5-10H,4,11-12H2,1H3. The number of rotatable bonds is 2. The number of hydrogen-bond acceptors (Lipinski definition) is 3. The van der Waals surface area contributed by atoms with Crippen LogP contribution in [-0.2, 0) is 10.0 Å². The Labute approximate surface area is 130 Å². The van der Waals surface area contributed by atoms with E-state index in [0.717, 1.165) is 28.3 Å². The van der Waals surface area contributed by atoms with E-state index in [0.29, 0.717) is 11.4 Å². The molecular weight excluding hydrogens is 302 g/mol. The first-order valence-electron chi connectivity index (χ1n) is 6.90. The van der Waals surface area contributed by atoms with Crippen LogP contribution in [0.2, 0.25) is 0 Å². The average molecular weight is 319 g/mol. The second-order valence-electron chi connectivity index (χ2n) is 5.06. The summed E-state index contributed by atoms with van der Waals surface area (Å²) in [5.74, 6) is 0.941. The van der Waals surface area contributed by atoms with Crippen LogP contribution in [0.1, 0.15) is 12.0 Å². The SMILES string of the molecule is Cc1ccc(S(=O)(=O)N2CCCSc3ccccc32)cc1. The minimum Gasteiger partial charge on any atom is -0.265 e. The lowest BCUT2D eigenvalue weighted by atomic mass is 10.2. The number of aryl methyl sites for hydroxylation is 1. The molecule has 0 spiro atoms. The van der Waals surface area contributed by atoms with Crippen molar-refractivity contribution in [1.82, 2.24) is 0 Å². The maximum atomic E-state index is 12.9. The molecule has 0 atom stereocenters. The van der Waals surface area contributed by atoms with Crippen LogP contribution in [0, 0.1) is 6.92 Å². The summed E-state index contributed by atoms with van der Waals surface area (Å²) in [6, 6.07) is 14.8. The number of fused-ring (bicyclic) bond motifs is 1. The smallest absolute Gasteiger partial charge is 0.264 e. The Morgan fingerprint density at radius 1 is 1.05 bits per heavy atom. The zero-order valence-electron chi connectivity index (χ0n) is 11.8. The molecule has 0 amide bonds. The number of benzene rings is 2. The van der Waals surface area contributed by atoms with E-state index < -0.39 is 10.0 Å². The van der Waals surface area contributed by atoms with Gasteiger partial charge in [-0.3, -0.25) is 4.31 Å². The molecule has 1 heterocycles. The molecule has 0 aliphatic carbocycles. The first-order valence-corrected chi connectivity index (χ1v) is 9.33. The zero-order chi connectivity index (χ0) is 14.9. The molecule has 1 aliphatic heterocycles. The van der Waals surface area contributed by atoms with Crippen molar-refractivity contribution < 1.29 is 8.42 Å². The van der Waals surface area contributed by atoms with Gasteiger partial charge in [-0.15, -0.1) is 11.8 Å². The van der Waals surface area contributed by atoms with Gasteiger partial charge in [0.05, 0.1) is 10.6 Å². The summed E-state index contributed by atoms with van der Waals surface area (Å²) in [5, 5.41) is 0. The highest BCUT2D eigenvalue weighted by molar-refractivity contribution is 7.99. The molecule has 5 heteroatoms. The molecule has 0 bridgehead atoms. The molecule has 110 valence electrons. The van der Waals surface area contributed by atoms with Gasteiger partial charge in [0.25, 0.3) is 10.0 Å². The minimum atomic E-state index is -3.50. The van der Waals surface area contributed by atoms with Crippen LogP contribution in [0.3, 0.4) is 0 Å². The molecule has 1 aliphatic rings. The Hall–Kier alpha value is -1.46. The van der Waals surface area contributed by atoms with Crippen LogP contribution in [0.15, 0.2) is 58.3 Å². The highest BCUT2D eigenvalue weighted by Gasteiger charge is 2.27. The second kappa shape index (κ2) is 5.73. The molecule has 0 radical (unpaired) electrons. The molecule has 3 rings (SSSR count). The van der Waals surface area contributed by atoms with Crippen molar-refractivity contribution in [3.8, 4) is 0 Å². The first-order chi connectivity index (χ1) is 10.1. The number of hydrogen-bond donors (Lipinski definition) is 0. The van der Waals surface area contributed by atoms with Crippen LogP contribution >= 0.6 is 11.8 Å². The predicted octanol–water partition coefficient (Wildman–Crippen LogP) is 3.69. The Morgan fingerprint density at radius 2 is 1.76 bits per heavy atom. The molecule has 21 heavy (non-hydrogen) atoms. The van der Waals surface area contributed by atoms with E-state index in [1.807, 2.05) is 43.3 Å². The van der Waals surface area contributed by atoms with Gasteiger partial charge < -0.3 is 0 Å². The van der Waals surface area contributed by atoms with E-state index in [-0.39, 0.29) is 0 Å². The van der Waals surface area contributed by atoms with Gasteiger partial charge in [-0.2, -0.15) is 0 Å². The van der Waals surface area contributed by atoms with Crippen molar-refractivity contribution in [3.63, 3.8) is 0 Å². The molecule has 2 aromatic rings. The summed E-state index contributed by atoms with van der Waals surface area (Å²) in [6.45, 7) is 2.48. The molecular formula is C16H17NO2S2. The largest absolute Gasteiger partial charge is 0.265 e. The summed E-state index contributed by atoms with van der Waals surface area (Å²) >= 11 is 1.72. The summed E-state index contributed by atoms with van der Waals surface area (Å²) in [7, 11) is -3.50. The molecule has 0 N–H and O–H groups in total. The quantitative estimate of drug-likeness (QED) is 0.847. The zero-order valence-corrected chi connectivity index (χ0v) is 13.5. The fourth-order valence-electron chi connectivity index (χ4n) is 2.38. The highest BCUT2D eigenvalue weighted by Crippen LogP contribution is 2.36. The van der Waals surface area contributed by atoms with Gasteiger partial charge >= 0.3 is 0 Å². The third kappa shape index (κ3) is 2.80. The molecule has 2 aromatic carbocycles. The second-order valence-corrected chi connectivity index (χ2v) is 8.06. The third-order valence-corrected chi connectivity index (χ3v) is 6.48. The lowest BCUT2D eigenvalue weighted by molar-refractivity contribution is 0.590. The molecule has 3 nitrogen and oxygen atoms in total. The summed E-state index contributed by atoms with van der Waals surface area (Å²) in [5.41, 5.74) is 1.85. The van der Waals surface area contributed by atoms with E-state index in [1.54, 1.807) is 28.2 Å². The van der Waals surface area contributed by atoms with Crippen LogP contribution in [0.5, 0.6) is 0 Å². The number of anilines is 1. The number of nitrogens with zero attached hydrogens (tertiary/aromatic N) is 1. The molecule has 0 aromatic heterocycles. The van der Waals surface area contributed by atoms with E-state index in [1.165, 1.54) is 0 Å². The van der Waals surface area contributed by atoms with Crippen LogP contribution < -0.4 is 4.31 Å². The van der Waals surface area contributed by atoms with Gasteiger partial charge in [-0.1, -0.05) is 29.8 Å². The Bertz CT molecular complexity index is 739. The van der Waals surface area contributed by atoms with Crippen LogP contribution in [-0.4, -0.2) is 20.7 Å². The van der Waals surface area contributed by atoms with Crippen LogP contribution in [0.25, 0.3) is 0 Å². The Balaban J connectivity index is 2.08. The van der Waals surface area contributed by atoms with Crippen molar-refractivity contribution in [1.29, 1.82) is 0 Å². The Kier molecular flexibility index (Phi) is 3.95. The third-order valence-electron chi connectivity index (χ3n) is 3.51. The molecule has 0 fully saturated rings. The van der Waals surface area contributed by atoms with Crippen molar-refractivity contribution in [2.75, 3.05) is 16.6 Å². The number of para-hydroxylation sites is 1. The van der Waals surface area contributed by atoms with Crippen molar-refractivity contribution >= 4 is 27.5 Å². The van der Waals surface area contributed by atoms with Crippen molar-refractivity contribution in [2.24, 2.45) is 0 Å². The van der Waals surface area contributed by atoms with E-state index >= 15 is 0 Å². The summed E-state index contributed by atoms with van der Waals surface area (Å²) in [4.78, 5) is 1.39. The van der Waals surface area contributed by atoms with Gasteiger partial charge in [-0.05, 0) is 43.4 Å². The fraction of sp³-hybridized carbons (Fsp3) is 0.250.